The third kappa shape index (κ3) is 6.53. The minimum absolute atomic E-state index is 0.0343. The van der Waals surface area contributed by atoms with E-state index in [9.17, 15) is 19.2 Å². The Morgan fingerprint density at radius 1 is 1.19 bits per heavy atom. The predicted molar refractivity (Wildman–Crippen MR) is 119 cm³/mol. The van der Waals surface area contributed by atoms with Crippen molar-refractivity contribution in [2.75, 3.05) is 44.6 Å². The molecule has 1 atom stereocenters. The van der Waals surface area contributed by atoms with Gasteiger partial charge in [-0.05, 0) is 37.5 Å². The molecule has 0 bridgehead atoms. The molecule has 0 aliphatic carbocycles. The summed E-state index contributed by atoms with van der Waals surface area (Å²) >= 11 is 0. The third-order valence-corrected chi connectivity index (χ3v) is 5.70. The number of esters is 1. The largest absolute Gasteiger partial charge is 0.466 e. The molecular weight excluding hydrogens is 412 g/mol. The van der Waals surface area contributed by atoms with E-state index in [1.165, 1.54) is 0 Å². The van der Waals surface area contributed by atoms with E-state index >= 15 is 0 Å². The average Bonchev–Trinajstić information content (AvgIpc) is 3.31. The number of likely N-dealkylation sites (tertiary alicyclic amines) is 1. The highest BCUT2D eigenvalue weighted by atomic mass is 16.5. The first-order chi connectivity index (χ1) is 15.5. The summed E-state index contributed by atoms with van der Waals surface area (Å²) in [5, 5.41) is 5.55. The molecule has 2 aliphatic heterocycles. The van der Waals surface area contributed by atoms with Gasteiger partial charge in [0.05, 0.1) is 19.6 Å². The van der Waals surface area contributed by atoms with Crippen molar-refractivity contribution < 1.29 is 23.9 Å². The first-order valence-corrected chi connectivity index (χ1v) is 11.3. The van der Waals surface area contributed by atoms with E-state index in [1.807, 2.05) is 11.8 Å². The number of anilines is 1. The highest BCUT2D eigenvalue weighted by molar-refractivity contribution is 5.98. The van der Waals surface area contributed by atoms with E-state index in [2.05, 4.69) is 10.6 Å². The molecule has 2 fully saturated rings. The van der Waals surface area contributed by atoms with Crippen LogP contribution in [-0.2, 0) is 19.1 Å². The van der Waals surface area contributed by atoms with Gasteiger partial charge in [0.2, 0.25) is 11.8 Å². The molecule has 2 aliphatic rings. The molecule has 3 amide bonds. The summed E-state index contributed by atoms with van der Waals surface area (Å²) in [4.78, 5) is 53.2. The van der Waals surface area contributed by atoms with E-state index in [4.69, 9.17) is 4.74 Å². The average molecular weight is 445 g/mol. The van der Waals surface area contributed by atoms with E-state index in [0.717, 1.165) is 38.8 Å². The monoisotopic (exact) mass is 444 g/mol. The van der Waals surface area contributed by atoms with Crippen molar-refractivity contribution >= 4 is 29.4 Å². The molecule has 32 heavy (non-hydrogen) atoms. The van der Waals surface area contributed by atoms with Gasteiger partial charge in [-0.1, -0.05) is 19.4 Å². The molecule has 0 radical (unpaired) electrons. The predicted octanol–water partition coefficient (Wildman–Crippen LogP) is 1.39. The van der Waals surface area contributed by atoms with Crippen molar-refractivity contribution in [2.45, 2.75) is 45.1 Å². The molecule has 1 unspecified atom stereocenters. The molecule has 1 aromatic rings. The van der Waals surface area contributed by atoms with Crippen molar-refractivity contribution in [3.8, 4) is 0 Å². The Balaban J connectivity index is 1.57. The summed E-state index contributed by atoms with van der Waals surface area (Å²) in [5.41, 5.74) is 1.06. The fraction of sp³-hybridized carbons (Fsp3) is 0.565. The summed E-state index contributed by atoms with van der Waals surface area (Å²) in [6, 6.07) is 6.13. The Labute approximate surface area is 188 Å². The maximum Gasteiger partial charge on any atom is 0.307 e. The van der Waals surface area contributed by atoms with Crippen LogP contribution in [0.3, 0.4) is 0 Å². The lowest BCUT2D eigenvalue weighted by Crippen LogP contribution is -2.57. The van der Waals surface area contributed by atoms with Gasteiger partial charge in [-0.15, -0.1) is 0 Å². The standard InChI is InChI=1S/C23H32N4O5/c1-2-3-13-32-21(29)15-19-22(30)24-9-12-27(19)16-20(28)25-18-8-6-7-17(14-18)23(31)26-10-4-5-11-26/h6-8,14,19H,2-5,9-13,15-16H2,1H3,(H,24,30)(H,25,28). The maximum absolute atomic E-state index is 12.7. The normalized spacial score (nSPS) is 18.8. The Hall–Kier alpha value is -2.94. The molecule has 0 spiro atoms. The second kappa shape index (κ2) is 11.6. The lowest BCUT2D eigenvalue weighted by molar-refractivity contribution is -0.149. The van der Waals surface area contributed by atoms with Gasteiger partial charge in [0.15, 0.2) is 0 Å². The van der Waals surface area contributed by atoms with E-state index < -0.39 is 12.0 Å². The summed E-state index contributed by atoms with van der Waals surface area (Å²) in [5.74, 6) is -1.07. The fourth-order valence-corrected chi connectivity index (χ4v) is 3.94. The SMILES string of the molecule is CCCCOC(=O)CC1C(=O)NCCN1CC(=O)Nc1cccc(C(=O)N2CCCC2)c1. The van der Waals surface area contributed by atoms with Gasteiger partial charge in [0.25, 0.3) is 5.91 Å². The van der Waals surface area contributed by atoms with E-state index in [-0.39, 0.29) is 30.7 Å². The Morgan fingerprint density at radius 3 is 2.72 bits per heavy atom. The zero-order valence-corrected chi connectivity index (χ0v) is 18.6. The Bertz CT molecular complexity index is 837. The summed E-state index contributed by atoms with van der Waals surface area (Å²) in [7, 11) is 0. The van der Waals surface area contributed by atoms with Crippen LogP contribution in [0.5, 0.6) is 0 Å². The van der Waals surface area contributed by atoms with Crippen LogP contribution in [0.1, 0.15) is 49.4 Å². The number of piperazine rings is 1. The molecule has 9 nitrogen and oxygen atoms in total. The molecule has 174 valence electrons. The van der Waals surface area contributed by atoms with Gasteiger partial charge in [-0.25, -0.2) is 0 Å². The van der Waals surface area contributed by atoms with Crippen molar-refractivity contribution in [3.05, 3.63) is 29.8 Å². The van der Waals surface area contributed by atoms with Crippen LogP contribution in [0.2, 0.25) is 0 Å². The lowest BCUT2D eigenvalue weighted by atomic mass is 10.1. The number of nitrogens with zero attached hydrogens (tertiary/aromatic N) is 2. The number of ether oxygens (including phenoxy) is 1. The van der Waals surface area contributed by atoms with Crippen LogP contribution < -0.4 is 10.6 Å². The number of carbonyl (C=O) groups is 4. The molecule has 3 rings (SSSR count). The number of benzene rings is 1. The van der Waals surface area contributed by atoms with E-state index in [0.29, 0.717) is 30.9 Å². The number of carbonyl (C=O) groups excluding carboxylic acids is 4. The molecule has 2 N–H and O–H groups in total. The Kier molecular flexibility index (Phi) is 8.61. The van der Waals surface area contributed by atoms with Gasteiger partial charge >= 0.3 is 5.97 Å². The zero-order chi connectivity index (χ0) is 22.9. The smallest absolute Gasteiger partial charge is 0.307 e. The van der Waals surface area contributed by atoms with Crippen molar-refractivity contribution in [1.82, 2.24) is 15.1 Å². The minimum atomic E-state index is -0.744. The second-order valence-electron chi connectivity index (χ2n) is 8.18. The summed E-state index contributed by atoms with van der Waals surface area (Å²) in [6.07, 6.45) is 3.61. The third-order valence-electron chi connectivity index (χ3n) is 5.70. The van der Waals surface area contributed by atoms with Crippen LogP contribution in [-0.4, -0.2) is 78.9 Å². The first kappa shape index (κ1) is 23.7. The van der Waals surface area contributed by atoms with Gasteiger partial charge in [0, 0.05) is 37.4 Å². The highest BCUT2D eigenvalue weighted by Gasteiger charge is 2.33. The van der Waals surface area contributed by atoms with Gasteiger partial charge < -0.3 is 20.3 Å². The number of hydrogen-bond donors (Lipinski definition) is 2. The minimum Gasteiger partial charge on any atom is -0.466 e. The number of unbranched alkanes of at least 4 members (excludes halogenated alkanes) is 1. The molecule has 2 heterocycles. The van der Waals surface area contributed by atoms with Gasteiger partial charge in [0.1, 0.15) is 6.04 Å². The maximum atomic E-state index is 12.7. The van der Waals surface area contributed by atoms with Crippen LogP contribution in [0.15, 0.2) is 24.3 Å². The van der Waals surface area contributed by atoms with Crippen LogP contribution in [0.25, 0.3) is 0 Å². The summed E-state index contributed by atoms with van der Waals surface area (Å²) < 4.78 is 5.18. The van der Waals surface area contributed by atoms with Crippen LogP contribution in [0, 0.1) is 0 Å². The first-order valence-electron chi connectivity index (χ1n) is 11.3. The Morgan fingerprint density at radius 2 is 1.97 bits per heavy atom. The van der Waals surface area contributed by atoms with Crippen molar-refractivity contribution in [1.29, 1.82) is 0 Å². The zero-order valence-electron chi connectivity index (χ0n) is 18.6. The van der Waals surface area contributed by atoms with Crippen molar-refractivity contribution in [3.63, 3.8) is 0 Å². The van der Waals surface area contributed by atoms with Crippen molar-refractivity contribution in [2.24, 2.45) is 0 Å². The fourth-order valence-electron chi connectivity index (χ4n) is 3.94. The molecule has 0 saturated carbocycles. The van der Waals surface area contributed by atoms with E-state index in [1.54, 1.807) is 29.2 Å². The molecule has 1 aromatic carbocycles. The van der Waals surface area contributed by atoms with Gasteiger partial charge in [-0.2, -0.15) is 0 Å². The summed E-state index contributed by atoms with van der Waals surface area (Å²) in [6.45, 7) is 4.68. The number of rotatable bonds is 9. The topological polar surface area (TPSA) is 108 Å². The number of nitrogens with one attached hydrogen (secondary N) is 2. The van der Waals surface area contributed by atoms with Crippen LogP contribution in [0.4, 0.5) is 5.69 Å². The molecule has 9 heteroatoms. The molecule has 2 saturated heterocycles. The quantitative estimate of drug-likeness (QED) is 0.440. The highest BCUT2D eigenvalue weighted by Crippen LogP contribution is 2.17. The second-order valence-corrected chi connectivity index (χ2v) is 8.18. The molecular formula is C23H32N4O5. The number of amides is 3. The number of hydrogen-bond acceptors (Lipinski definition) is 6. The van der Waals surface area contributed by atoms with Crippen LogP contribution >= 0.6 is 0 Å². The van der Waals surface area contributed by atoms with Gasteiger partial charge in [-0.3, -0.25) is 24.1 Å². The molecule has 0 aromatic heterocycles. The lowest BCUT2D eigenvalue weighted by Gasteiger charge is -2.33.